The molecule has 2 aromatic carbocycles. The van der Waals surface area contributed by atoms with Crippen LogP contribution in [0.5, 0.6) is 5.75 Å². The number of phenolic OH excluding ortho intramolecular Hbond substituents is 1. The van der Waals surface area contributed by atoms with Gasteiger partial charge in [0.05, 0.1) is 156 Å². The fraction of sp³-hybridized carbons (Fsp3) is 0.644. The van der Waals surface area contributed by atoms with Crippen molar-refractivity contribution in [3.05, 3.63) is 89.7 Å². The zero-order valence-corrected chi connectivity index (χ0v) is 51.8. The number of carbonyl (C=O) groups is 1. The van der Waals surface area contributed by atoms with Gasteiger partial charge in [-0.3, -0.25) is 13.9 Å². The number of anilines is 2. The summed E-state index contributed by atoms with van der Waals surface area (Å²) < 4.78 is 134. The second-order valence-corrected chi connectivity index (χ2v) is 23.6. The van der Waals surface area contributed by atoms with Crippen LogP contribution in [0.25, 0.3) is 5.57 Å². The minimum absolute atomic E-state index is 0.0115. The maximum absolute atomic E-state index is 12.4. The molecule has 23 nitrogen and oxygen atoms in total. The van der Waals surface area contributed by atoms with E-state index in [0.717, 1.165) is 5.57 Å². The van der Waals surface area contributed by atoms with Crippen molar-refractivity contribution in [3.8, 4) is 5.75 Å². The van der Waals surface area contributed by atoms with Crippen molar-refractivity contribution in [2.24, 2.45) is 5.41 Å². The molecule has 1 aliphatic rings. The number of hydrogen-bond acceptors (Lipinski definition) is 20. The molecule has 0 radical (unpaired) electrons. The van der Waals surface area contributed by atoms with E-state index in [9.17, 15) is 40.9 Å². The molecule has 0 bridgehead atoms. The fourth-order valence-electron chi connectivity index (χ4n) is 8.49. The van der Waals surface area contributed by atoms with E-state index in [-0.39, 0.29) is 48.3 Å². The molecule has 2 aromatic rings. The molecule has 1 unspecified atom stereocenters. The van der Waals surface area contributed by atoms with Crippen molar-refractivity contribution in [3.63, 3.8) is 0 Å². The van der Waals surface area contributed by atoms with Crippen LogP contribution >= 0.6 is 0 Å². The number of hydrogen-bond donors (Lipinski definition) is 4. The lowest BCUT2D eigenvalue weighted by molar-refractivity contribution is -0.137. The lowest BCUT2D eigenvalue weighted by Gasteiger charge is -2.30. The second kappa shape index (κ2) is 40.9. The summed E-state index contributed by atoms with van der Waals surface area (Å²) in [5.74, 6) is -1.61. The molecule has 0 aromatic heterocycles. The van der Waals surface area contributed by atoms with Crippen LogP contribution in [0.4, 0.5) is 11.4 Å². The average Bonchev–Trinajstić information content (AvgIpc) is 1.95. The molecule has 0 amide bonds. The first-order valence-corrected chi connectivity index (χ1v) is 31.4. The van der Waals surface area contributed by atoms with Crippen LogP contribution in [0, 0.1) is 5.41 Å². The summed E-state index contributed by atoms with van der Waals surface area (Å²) >= 11 is 0. The number of methoxy groups -OCH3 is 2. The van der Waals surface area contributed by atoms with E-state index in [1.165, 1.54) is 18.2 Å². The standard InChI is InChI=1S/C59H94N2O21S2/c1-48(58(2,3)4)45-49(11-8-12-56-59(5,18-9-13-57(63)64)53-47-51(84(68,69)70)15-17-54(53)61(56)19-10-44-83(65,66)67)52-16-14-50(46-55(52)62)60(20-22-73-28-30-77-36-38-81-42-40-79-34-32-75-26-24-71-6)21-23-74-29-31-78-37-39-82-43-41-80-35-33-76-27-25-72-7/h8,11-12,14-17,45-47,62H,1,9-10,13,18-44H2,2-7H3,(H,63,64)(H,65,66,67)(H,68,69,70)/b11-8+,49-45-,56-12-. The summed E-state index contributed by atoms with van der Waals surface area (Å²) in [6, 6.07) is 9.47. The first-order chi connectivity index (χ1) is 40.1. The largest absolute Gasteiger partial charge is 0.507 e. The average molecular weight is 1230 g/mol. The lowest BCUT2D eigenvalue weighted by atomic mass is 9.77. The van der Waals surface area contributed by atoms with Crippen molar-refractivity contribution >= 4 is 43.2 Å². The zero-order chi connectivity index (χ0) is 61.7. The number of fused-ring (bicyclic) bond motifs is 1. The van der Waals surface area contributed by atoms with Crippen LogP contribution in [0.1, 0.15) is 64.5 Å². The van der Waals surface area contributed by atoms with Crippen LogP contribution in [0.2, 0.25) is 0 Å². The summed E-state index contributed by atoms with van der Waals surface area (Å²) in [6.45, 7) is 22.7. The third-order valence-electron chi connectivity index (χ3n) is 13.2. The lowest BCUT2D eigenvalue weighted by Crippen LogP contribution is -2.31. The summed E-state index contributed by atoms with van der Waals surface area (Å²) in [4.78, 5) is 15.2. The normalized spacial score (nSPS) is 15.5. The first-order valence-electron chi connectivity index (χ1n) is 28.3. The molecule has 478 valence electrons. The molecular weight excluding hydrogens is 1140 g/mol. The predicted molar refractivity (Wildman–Crippen MR) is 320 cm³/mol. The van der Waals surface area contributed by atoms with Crippen LogP contribution in [0.15, 0.2) is 83.4 Å². The topological polar surface area (TPSA) is 284 Å². The van der Waals surface area contributed by atoms with Gasteiger partial charge in [0, 0.05) is 74.4 Å². The van der Waals surface area contributed by atoms with Crippen LogP contribution < -0.4 is 9.80 Å². The minimum Gasteiger partial charge on any atom is -0.507 e. The molecule has 0 spiro atoms. The van der Waals surface area contributed by atoms with Gasteiger partial charge in [0.1, 0.15) is 5.75 Å². The molecule has 4 N–H and O–H groups in total. The maximum Gasteiger partial charge on any atom is 0.303 e. The monoisotopic (exact) mass is 1230 g/mol. The van der Waals surface area contributed by atoms with Gasteiger partial charge < -0.3 is 76.9 Å². The molecule has 0 saturated heterocycles. The Labute approximate surface area is 498 Å². The van der Waals surface area contributed by atoms with E-state index < -0.39 is 37.4 Å². The van der Waals surface area contributed by atoms with Gasteiger partial charge >= 0.3 is 5.97 Å². The minimum atomic E-state index is -4.65. The number of carboxylic acid groups (broad SMARTS) is 1. The number of benzene rings is 2. The van der Waals surface area contributed by atoms with Gasteiger partial charge in [-0.2, -0.15) is 16.8 Å². The molecule has 1 heterocycles. The highest BCUT2D eigenvalue weighted by Gasteiger charge is 2.43. The highest BCUT2D eigenvalue weighted by atomic mass is 32.2. The van der Waals surface area contributed by atoms with Crippen molar-refractivity contribution in [2.45, 2.75) is 63.7 Å². The number of allylic oxidation sites excluding steroid dienone is 7. The van der Waals surface area contributed by atoms with Gasteiger partial charge in [-0.25, -0.2) is 0 Å². The fourth-order valence-corrected chi connectivity index (χ4v) is 9.49. The van der Waals surface area contributed by atoms with Crippen LogP contribution in [-0.2, 0) is 87.3 Å². The summed E-state index contributed by atoms with van der Waals surface area (Å²) in [7, 11) is -5.75. The van der Waals surface area contributed by atoms with Crippen molar-refractivity contribution in [1.29, 1.82) is 0 Å². The van der Waals surface area contributed by atoms with Crippen molar-refractivity contribution in [2.75, 3.05) is 195 Å². The Morgan fingerprint density at radius 3 is 1.51 bits per heavy atom. The predicted octanol–water partition coefficient (Wildman–Crippen LogP) is 6.64. The number of rotatable bonds is 50. The first kappa shape index (κ1) is 73.9. The molecule has 0 aliphatic carbocycles. The summed E-state index contributed by atoms with van der Waals surface area (Å²) in [5, 5.41) is 21.5. The zero-order valence-electron chi connectivity index (χ0n) is 50.1. The number of aliphatic carboxylic acids is 1. The van der Waals surface area contributed by atoms with Gasteiger partial charge in [0.25, 0.3) is 20.2 Å². The quantitative estimate of drug-likeness (QED) is 0.0307. The van der Waals surface area contributed by atoms with Gasteiger partial charge in [-0.1, -0.05) is 45.6 Å². The molecule has 3 rings (SSSR count). The van der Waals surface area contributed by atoms with E-state index in [0.29, 0.717) is 192 Å². The van der Waals surface area contributed by atoms with Gasteiger partial charge in [-0.15, -0.1) is 0 Å². The van der Waals surface area contributed by atoms with Gasteiger partial charge in [0.2, 0.25) is 0 Å². The molecule has 0 fully saturated rings. The molecule has 25 heteroatoms. The third kappa shape index (κ3) is 29.8. The summed E-state index contributed by atoms with van der Waals surface area (Å²) in [5.41, 5.74) is 2.67. The Hall–Kier alpha value is -4.39. The van der Waals surface area contributed by atoms with Gasteiger partial charge in [0.15, 0.2) is 0 Å². The molecule has 1 aliphatic heterocycles. The number of nitrogens with zero attached hydrogens (tertiary/aromatic N) is 2. The number of phenols is 1. The van der Waals surface area contributed by atoms with Crippen LogP contribution in [0.3, 0.4) is 0 Å². The highest BCUT2D eigenvalue weighted by Crippen LogP contribution is 2.51. The SMILES string of the molecule is C=C(/C=C(/C=C/C=C1\N(CCCS(=O)(=O)O)c2ccc(S(=O)(=O)O)cc2C1(C)CCCC(=O)O)c1ccc(N(CCOCCOCCOCCOCCOCCOC)CCOCCOCCOCCOCCOCCOC)cc1O)C(C)(C)C. The van der Waals surface area contributed by atoms with E-state index in [2.05, 4.69) is 6.58 Å². The van der Waals surface area contributed by atoms with Crippen molar-refractivity contribution < 1.29 is 97.8 Å². The molecule has 1 atom stereocenters. The maximum atomic E-state index is 12.4. The van der Waals surface area contributed by atoms with E-state index in [4.69, 9.17) is 56.8 Å². The molecule has 84 heavy (non-hydrogen) atoms. The Kier molecular flexibility index (Phi) is 36.0. The number of aromatic hydroxyl groups is 1. The molecular formula is C59H94N2O21S2. The number of ether oxygens (including phenoxy) is 12. The van der Waals surface area contributed by atoms with Crippen LogP contribution in [-0.4, -0.2) is 227 Å². The Bertz CT molecular complexity index is 2500. The Morgan fingerprint density at radius 2 is 1.11 bits per heavy atom. The van der Waals surface area contributed by atoms with E-state index in [1.54, 1.807) is 44.6 Å². The summed E-state index contributed by atoms with van der Waals surface area (Å²) in [6.07, 6.45) is 7.43. The second-order valence-electron chi connectivity index (χ2n) is 20.6. The Balaban J connectivity index is 1.81. The smallest absolute Gasteiger partial charge is 0.303 e. The van der Waals surface area contributed by atoms with Crippen molar-refractivity contribution in [1.82, 2.24) is 0 Å². The third-order valence-corrected chi connectivity index (χ3v) is 14.8. The van der Waals surface area contributed by atoms with E-state index in [1.807, 2.05) is 49.6 Å². The molecule has 0 saturated carbocycles. The highest BCUT2D eigenvalue weighted by molar-refractivity contribution is 7.86. The Morgan fingerprint density at radius 1 is 0.655 bits per heavy atom. The van der Waals surface area contributed by atoms with Gasteiger partial charge in [-0.05, 0) is 84.7 Å². The van der Waals surface area contributed by atoms with E-state index >= 15 is 0 Å². The number of carboxylic acids is 1.